The van der Waals surface area contributed by atoms with Gasteiger partial charge in [0.25, 0.3) is 0 Å². The first-order valence-corrected chi connectivity index (χ1v) is 8.82. The number of hydrogen-bond donors (Lipinski definition) is 1. The number of urea groups is 1. The summed E-state index contributed by atoms with van der Waals surface area (Å²) in [5.41, 5.74) is 0. The highest BCUT2D eigenvalue weighted by Gasteiger charge is 2.37. The molecule has 0 radical (unpaired) electrons. The molecule has 2 saturated heterocycles. The maximum atomic E-state index is 12.7. The maximum Gasteiger partial charge on any atom is 0.318 e. The zero-order valence-electron chi connectivity index (χ0n) is 14.3. The fourth-order valence-electron chi connectivity index (χ4n) is 3.28. The first-order valence-electron chi connectivity index (χ1n) is 8.82. The minimum absolute atomic E-state index is 0.0677. The smallest absolute Gasteiger partial charge is 0.318 e. The Labute approximate surface area is 134 Å². The molecule has 2 fully saturated rings. The van der Waals surface area contributed by atoms with Gasteiger partial charge in [0.15, 0.2) is 0 Å². The summed E-state index contributed by atoms with van der Waals surface area (Å²) in [6, 6.07) is -0.311. The lowest BCUT2D eigenvalue weighted by Crippen LogP contribution is -2.52. The third-order valence-electron chi connectivity index (χ3n) is 4.89. The van der Waals surface area contributed by atoms with Crippen molar-refractivity contribution in [3.63, 3.8) is 0 Å². The van der Waals surface area contributed by atoms with Crippen molar-refractivity contribution < 1.29 is 9.59 Å². The van der Waals surface area contributed by atoms with E-state index in [0.717, 1.165) is 45.2 Å². The van der Waals surface area contributed by atoms with Gasteiger partial charge in [-0.25, -0.2) is 4.79 Å². The van der Waals surface area contributed by atoms with Crippen LogP contribution in [0.5, 0.6) is 0 Å². The van der Waals surface area contributed by atoms with Gasteiger partial charge in [-0.1, -0.05) is 20.8 Å². The molecule has 0 bridgehead atoms. The summed E-state index contributed by atoms with van der Waals surface area (Å²) < 4.78 is 0. The fourth-order valence-corrected chi connectivity index (χ4v) is 3.28. The average Bonchev–Trinajstić information content (AvgIpc) is 2.96. The zero-order chi connectivity index (χ0) is 16.1. The Morgan fingerprint density at radius 3 is 2.45 bits per heavy atom. The van der Waals surface area contributed by atoms with Crippen LogP contribution in [0.3, 0.4) is 0 Å². The van der Waals surface area contributed by atoms with Crippen molar-refractivity contribution in [2.24, 2.45) is 11.8 Å². The molecule has 0 aromatic heterocycles. The van der Waals surface area contributed by atoms with E-state index in [1.54, 1.807) is 4.90 Å². The first-order chi connectivity index (χ1) is 10.5. The van der Waals surface area contributed by atoms with E-state index in [-0.39, 0.29) is 18.0 Å². The first kappa shape index (κ1) is 17.1. The van der Waals surface area contributed by atoms with E-state index in [2.05, 4.69) is 26.1 Å². The van der Waals surface area contributed by atoms with Crippen molar-refractivity contribution in [1.29, 1.82) is 0 Å². The summed E-state index contributed by atoms with van der Waals surface area (Å²) in [7, 11) is 0. The summed E-state index contributed by atoms with van der Waals surface area (Å²) in [5.74, 6) is 1.44. The molecule has 2 aliphatic rings. The largest absolute Gasteiger partial charge is 0.341 e. The lowest BCUT2D eigenvalue weighted by molar-refractivity contribution is -0.136. The molecule has 5 heteroatoms. The summed E-state index contributed by atoms with van der Waals surface area (Å²) in [6.45, 7) is 9.62. The van der Waals surface area contributed by atoms with E-state index < -0.39 is 0 Å². The topological polar surface area (TPSA) is 52.7 Å². The van der Waals surface area contributed by atoms with Crippen LogP contribution in [0.1, 0.15) is 52.9 Å². The van der Waals surface area contributed by atoms with Crippen LogP contribution >= 0.6 is 0 Å². The van der Waals surface area contributed by atoms with Crippen molar-refractivity contribution in [2.75, 3.05) is 26.2 Å². The molecule has 0 aromatic carbocycles. The van der Waals surface area contributed by atoms with Gasteiger partial charge in [0.05, 0.1) is 0 Å². The Bertz CT molecular complexity index is 389. The molecule has 3 amide bonds. The SMILES string of the molecule is CC(C)CCNC(=O)N1CCC[C@@H]1C(=O)N1CCC(C)CC1. The molecule has 1 atom stereocenters. The quantitative estimate of drug-likeness (QED) is 0.867. The number of carbonyl (C=O) groups excluding carboxylic acids is 2. The Kier molecular flexibility index (Phi) is 6.09. The molecular formula is C17H31N3O2. The molecule has 0 saturated carbocycles. The monoisotopic (exact) mass is 309 g/mol. The summed E-state index contributed by atoms with van der Waals surface area (Å²) in [6.07, 6.45) is 4.88. The molecule has 2 heterocycles. The van der Waals surface area contributed by atoms with Gasteiger partial charge < -0.3 is 15.1 Å². The van der Waals surface area contributed by atoms with E-state index in [0.29, 0.717) is 24.9 Å². The Balaban J connectivity index is 1.86. The number of nitrogens with zero attached hydrogens (tertiary/aromatic N) is 2. The van der Waals surface area contributed by atoms with Gasteiger partial charge in [-0.3, -0.25) is 4.79 Å². The standard InChI is InChI=1S/C17H31N3O2/c1-13(2)6-9-18-17(22)20-10-4-5-15(20)16(21)19-11-7-14(3)8-12-19/h13-15H,4-12H2,1-3H3,(H,18,22)/t15-/m1/s1. The van der Waals surface area contributed by atoms with E-state index in [1.165, 1.54) is 0 Å². The maximum absolute atomic E-state index is 12.7. The van der Waals surface area contributed by atoms with Crippen molar-refractivity contribution in [3.05, 3.63) is 0 Å². The van der Waals surface area contributed by atoms with Crippen LogP contribution in [-0.2, 0) is 4.79 Å². The summed E-state index contributed by atoms with van der Waals surface area (Å²) >= 11 is 0. The van der Waals surface area contributed by atoms with Gasteiger partial charge in [-0.05, 0) is 43.9 Å². The molecular weight excluding hydrogens is 278 g/mol. The van der Waals surface area contributed by atoms with E-state index in [4.69, 9.17) is 0 Å². The molecule has 0 aliphatic carbocycles. The van der Waals surface area contributed by atoms with Gasteiger partial charge in [0.2, 0.25) is 5.91 Å². The molecule has 2 aliphatic heterocycles. The van der Waals surface area contributed by atoms with Gasteiger partial charge >= 0.3 is 6.03 Å². The molecule has 2 rings (SSSR count). The third-order valence-corrected chi connectivity index (χ3v) is 4.89. The average molecular weight is 309 g/mol. The molecule has 1 N–H and O–H groups in total. The predicted molar refractivity (Wildman–Crippen MR) is 87.6 cm³/mol. The van der Waals surface area contributed by atoms with Crippen LogP contribution in [0.2, 0.25) is 0 Å². The number of rotatable bonds is 4. The van der Waals surface area contributed by atoms with Gasteiger partial charge in [0, 0.05) is 26.2 Å². The van der Waals surface area contributed by atoms with Crippen LogP contribution in [-0.4, -0.2) is 54.0 Å². The molecule has 5 nitrogen and oxygen atoms in total. The van der Waals surface area contributed by atoms with Gasteiger partial charge in [0.1, 0.15) is 6.04 Å². The Morgan fingerprint density at radius 2 is 1.82 bits per heavy atom. The molecule has 22 heavy (non-hydrogen) atoms. The van der Waals surface area contributed by atoms with E-state index >= 15 is 0 Å². The Morgan fingerprint density at radius 1 is 1.14 bits per heavy atom. The van der Waals surface area contributed by atoms with Crippen LogP contribution in [0.15, 0.2) is 0 Å². The second kappa shape index (κ2) is 7.84. The second-order valence-electron chi connectivity index (χ2n) is 7.27. The van der Waals surface area contributed by atoms with Crippen molar-refractivity contribution >= 4 is 11.9 Å². The normalized spacial score (nSPS) is 23.2. The predicted octanol–water partition coefficient (Wildman–Crippen LogP) is 2.46. The minimum atomic E-state index is -0.243. The van der Waals surface area contributed by atoms with Gasteiger partial charge in [-0.2, -0.15) is 0 Å². The van der Waals surface area contributed by atoms with Crippen molar-refractivity contribution in [1.82, 2.24) is 15.1 Å². The van der Waals surface area contributed by atoms with E-state index in [1.807, 2.05) is 4.90 Å². The summed E-state index contributed by atoms with van der Waals surface area (Å²) in [5, 5.41) is 2.97. The third kappa shape index (κ3) is 4.37. The minimum Gasteiger partial charge on any atom is -0.341 e. The highest BCUT2D eigenvalue weighted by atomic mass is 16.2. The van der Waals surface area contributed by atoms with E-state index in [9.17, 15) is 9.59 Å². The molecule has 0 spiro atoms. The van der Waals surface area contributed by atoms with Crippen molar-refractivity contribution in [3.8, 4) is 0 Å². The van der Waals surface area contributed by atoms with Crippen molar-refractivity contribution in [2.45, 2.75) is 58.9 Å². The highest BCUT2D eigenvalue weighted by molar-refractivity contribution is 5.87. The number of nitrogens with one attached hydrogen (secondary N) is 1. The lowest BCUT2D eigenvalue weighted by Gasteiger charge is -2.34. The summed E-state index contributed by atoms with van der Waals surface area (Å²) in [4.78, 5) is 28.7. The second-order valence-corrected chi connectivity index (χ2v) is 7.27. The van der Waals surface area contributed by atoms with Crippen LogP contribution in [0.4, 0.5) is 4.79 Å². The fraction of sp³-hybridized carbons (Fsp3) is 0.882. The Hall–Kier alpha value is -1.26. The number of hydrogen-bond acceptors (Lipinski definition) is 2. The number of likely N-dealkylation sites (tertiary alicyclic amines) is 2. The highest BCUT2D eigenvalue weighted by Crippen LogP contribution is 2.23. The van der Waals surface area contributed by atoms with Crippen LogP contribution in [0, 0.1) is 11.8 Å². The zero-order valence-corrected chi connectivity index (χ0v) is 14.3. The number of carbonyl (C=O) groups is 2. The number of amides is 3. The van der Waals surface area contributed by atoms with Crippen LogP contribution < -0.4 is 5.32 Å². The lowest BCUT2D eigenvalue weighted by atomic mass is 9.98. The number of piperidine rings is 1. The molecule has 0 aromatic rings. The molecule has 126 valence electrons. The molecule has 0 unspecified atom stereocenters. The van der Waals surface area contributed by atoms with Crippen LogP contribution in [0.25, 0.3) is 0 Å². The van der Waals surface area contributed by atoms with Gasteiger partial charge in [-0.15, -0.1) is 0 Å².